The van der Waals surface area contributed by atoms with Gasteiger partial charge in [0, 0.05) is 12.1 Å². The first-order chi connectivity index (χ1) is 7.25. The topological polar surface area (TPSA) is 79.2 Å². The van der Waals surface area contributed by atoms with Crippen molar-refractivity contribution in [2.75, 3.05) is 5.32 Å². The van der Waals surface area contributed by atoms with Gasteiger partial charge in [0.15, 0.2) is 0 Å². The fourth-order valence-electron chi connectivity index (χ4n) is 1.50. The SMILES string of the molecule is NC1CC(C(=O)Nc2ccccc2)NN1. The zero-order valence-corrected chi connectivity index (χ0v) is 8.23. The normalized spacial score (nSPS) is 25.1. The van der Waals surface area contributed by atoms with E-state index in [1.165, 1.54) is 0 Å². The molecule has 1 fully saturated rings. The maximum absolute atomic E-state index is 11.7. The number of rotatable bonds is 2. The van der Waals surface area contributed by atoms with Crippen LogP contribution < -0.4 is 21.9 Å². The minimum absolute atomic E-state index is 0.0679. The van der Waals surface area contributed by atoms with Crippen LogP contribution >= 0.6 is 0 Å². The molecule has 0 aromatic heterocycles. The Morgan fingerprint density at radius 3 is 2.67 bits per heavy atom. The minimum atomic E-state index is -0.264. The number of carbonyl (C=O) groups excluding carboxylic acids is 1. The van der Waals surface area contributed by atoms with Crippen molar-refractivity contribution in [2.45, 2.75) is 18.6 Å². The second-order valence-electron chi connectivity index (χ2n) is 3.54. The molecule has 1 heterocycles. The van der Waals surface area contributed by atoms with Gasteiger partial charge in [-0.1, -0.05) is 18.2 Å². The molecule has 5 nitrogen and oxygen atoms in total. The molecule has 2 unspecified atom stereocenters. The highest BCUT2D eigenvalue weighted by Crippen LogP contribution is 2.08. The molecule has 0 spiro atoms. The fraction of sp³-hybridized carbons (Fsp3) is 0.300. The average Bonchev–Trinajstić information content (AvgIpc) is 2.66. The van der Waals surface area contributed by atoms with Gasteiger partial charge in [-0.25, -0.2) is 10.9 Å². The molecule has 1 saturated heterocycles. The number of nitrogens with one attached hydrogen (secondary N) is 3. The molecular formula is C10H14N4O. The number of nitrogens with two attached hydrogens (primary N) is 1. The monoisotopic (exact) mass is 206 g/mol. The third-order valence-corrected chi connectivity index (χ3v) is 2.29. The van der Waals surface area contributed by atoms with Gasteiger partial charge in [0.05, 0.1) is 6.17 Å². The highest BCUT2D eigenvalue weighted by atomic mass is 16.2. The molecule has 1 aliphatic heterocycles. The van der Waals surface area contributed by atoms with E-state index in [0.29, 0.717) is 6.42 Å². The lowest BCUT2D eigenvalue weighted by molar-refractivity contribution is -0.117. The first kappa shape index (κ1) is 10.1. The predicted octanol–water partition coefficient (Wildman–Crippen LogP) is -0.224. The number of para-hydroxylation sites is 1. The average molecular weight is 206 g/mol. The van der Waals surface area contributed by atoms with Crippen LogP contribution in [0.5, 0.6) is 0 Å². The van der Waals surface area contributed by atoms with Crippen LogP contribution in [-0.2, 0) is 4.79 Å². The Morgan fingerprint density at radius 2 is 2.07 bits per heavy atom. The van der Waals surface area contributed by atoms with Crippen molar-refractivity contribution in [3.05, 3.63) is 30.3 Å². The van der Waals surface area contributed by atoms with Crippen molar-refractivity contribution in [1.29, 1.82) is 0 Å². The van der Waals surface area contributed by atoms with Crippen LogP contribution in [0.25, 0.3) is 0 Å². The summed E-state index contributed by atoms with van der Waals surface area (Å²) < 4.78 is 0. The third-order valence-electron chi connectivity index (χ3n) is 2.29. The summed E-state index contributed by atoms with van der Waals surface area (Å²) in [7, 11) is 0. The Balaban J connectivity index is 1.93. The highest BCUT2D eigenvalue weighted by Gasteiger charge is 2.26. The summed E-state index contributed by atoms with van der Waals surface area (Å²) in [6.07, 6.45) is 0.440. The first-order valence-corrected chi connectivity index (χ1v) is 4.88. The summed E-state index contributed by atoms with van der Waals surface area (Å²) in [6.45, 7) is 0. The second kappa shape index (κ2) is 4.39. The molecule has 15 heavy (non-hydrogen) atoms. The van der Waals surface area contributed by atoms with Gasteiger partial charge in [0.25, 0.3) is 0 Å². The van der Waals surface area contributed by atoms with Gasteiger partial charge in [-0.05, 0) is 12.1 Å². The van der Waals surface area contributed by atoms with Crippen LogP contribution in [0.4, 0.5) is 5.69 Å². The third kappa shape index (κ3) is 2.53. The smallest absolute Gasteiger partial charge is 0.242 e. The van der Waals surface area contributed by atoms with Crippen LogP contribution in [-0.4, -0.2) is 18.1 Å². The van der Waals surface area contributed by atoms with Crippen LogP contribution in [0, 0.1) is 0 Å². The lowest BCUT2D eigenvalue weighted by Crippen LogP contribution is -2.41. The van der Waals surface area contributed by atoms with Crippen LogP contribution in [0.1, 0.15) is 6.42 Å². The standard InChI is InChI=1S/C10H14N4O/c11-9-6-8(13-14-9)10(15)12-7-4-2-1-3-5-7/h1-5,8-9,13-14H,6,11H2,(H,12,15). The summed E-state index contributed by atoms with van der Waals surface area (Å²) >= 11 is 0. The quantitative estimate of drug-likeness (QED) is 0.539. The zero-order valence-electron chi connectivity index (χ0n) is 8.23. The maximum Gasteiger partial charge on any atom is 0.242 e. The molecule has 1 amide bonds. The second-order valence-corrected chi connectivity index (χ2v) is 3.54. The first-order valence-electron chi connectivity index (χ1n) is 4.88. The van der Waals surface area contributed by atoms with Gasteiger partial charge in [0.1, 0.15) is 6.04 Å². The summed E-state index contributed by atoms with van der Waals surface area (Å²) in [4.78, 5) is 11.7. The summed E-state index contributed by atoms with van der Waals surface area (Å²) in [5.41, 5.74) is 12.0. The number of hydrogen-bond acceptors (Lipinski definition) is 4. The Labute approximate surface area is 88.0 Å². The van der Waals surface area contributed by atoms with Gasteiger partial charge in [-0.15, -0.1) is 0 Å². The van der Waals surface area contributed by atoms with Crippen molar-refractivity contribution >= 4 is 11.6 Å². The zero-order chi connectivity index (χ0) is 10.7. The molecule has 2 atom stereocenters. The molecule has 5 heteroatoms. The van der Waals surface area contributed by atoms with Gasteiger partial charge in [-0.3, -0.25) is 4.79 Å². The molecule has 1 aromatic rings. The molecular weight excluding hydrogens is 192 g/mol. The molecule has 2 rings (SSSR count). The van der Waals surface area contributed by atoms with Crippen molar-refractivity contribution in [1.82, 2.24) is 10.9 Å². The van der Waals surface area contributed by atoms with Crippen LogP contribution in [0.2, 0.25) is 0 Å². The fourth-order valence-corrected chi connectivity index (χ4v) is 1.50. The number of hydrazine groups is 1. The van der Waals surface area contributed by atoms with E-state index in [1.54, 1.807) is 0 Å². The maximum atomic E-state index is 11.7. The minimum Gasteiger partial charge on any atom is -0.325 e. The lowest BCUT2D eigenvalue weighted by atomic mass is 10.2. The Morgan fingerprint density at radius 1 is 1.33 bits per heavy atom. The molecule has 5 N–H and O–H groups in total. The van der Waals surface area contributed by atoms with E-state index in [-0.39, 0.29) is 18.1 Å². The van der Waals surface area contributed by atoms with Crippen molar-refractivity contribution in [2.24, 2.45) is 5.73 Å². The van der Waals surface area contributed by atoms with Gasteiger partial charge < -0.3 is 11.1 Å². The number of anilines is 1. The summed E-state index contributed by atoms with van der Waals surface area (Å²) in [5, 5.41) is 2.81. The van der Waals surface area contributed by atoms with E-state index in [0.717, 1.165) is 5.69 Å². The molecule has 0 radical (unpaired) electrons. The van der Waals surface area contributed by atoms with Crippen LogP contribution in [0.15, 0.2) is 30.3 Å². The lowest BCUT2D eigenvalue weighted by Gasteiger charge is -2.09. The van der Waals surface area contributed by atoms with E-state index in [1.807, 2.05) is 30.3 Å². The van der Waals surface area contributed by atoms with E-state index >= 15 is 0 Å². The van der Waals surface area contributed by atoms with E-state index in [9.17, 15) is 4.79 Å². The van der Waals surface area contributed by atoms with Crippen molar-refractivity contribution < 1.29 is 4.79 Å². The molecule has 0 aliphatic carbocycles. The largest absolute Gasteiger partial charge is 0.325 e. The predicted molar refractivity (Wildman–Crippen MR) is 57.7 cm³/mol. The van der Waals surface area contributed by atoms with E-state index in [2.05, 4.69) is 16.2 Å². The summed E-state index contributed by atoms with van der Waals surface area (Å²) in [5.74, 6) is -0.0679. The molecule has 0 saturated carbocycles. The number of benzene rings is 1. The number of carbonyl (C=O) groups is 1. The van der Waals surface area contributed by atoms with E-state index in [4.69, 9.17) is 5.73 Å². The van der Waals surface area contributed by atoms with Gasteiger partial charge in [-0.2, -0.15) is 0 Å². The van der Waals surface area contributed by atoms with Gasteiger partial charge in [0.2, 0.25) is 5.91 Å². The molecule has 1 aliphatic rings. The Hall–Kier alpha value is -1.43. The molecule has 1 aromatic carbocycles. The Kier molecular flexibility index (Phi) is 2.96. The Bertz CT molecular complexity index is 341. The number of amides is 1. The van der Waals surface area contributed by atoms with Gasteiger partial charge >= 0.3 is 0 Å². The summed E-state index contributed by atoms with van der Waals surface area (Å²) in [6, 6.07) is 9.09. The highest BCUT2D eigenvalue weighted by molar-refractivity contribution is 5.94. The number of hydrogen-bond donors (Lipinski definition) is 4. The molecule has 0 bridgehead atoms. The van der Waals surface area contributed by atoms with Crippen molar-refractivity contribution in [3.8, 4) is 0 Å². The van der Waals surface area contributed by atoms with Crippen LogP contribution in [0.3, 0.4) is 0 Å². The van der Waals surface area contributed by atoms with Crippen molar-refractivity contribution in [3.63, 3.8) is 0 Å². The molecule has 80 valence electrons. The van der Waals surface area contributed by atoms with E-state index < -0.39 is 0 Å².